The highest BCUT2D eigenvalue weighted by atomic mass is 16.5. The van der Waals surface area contributed by atoms with E-state index in [0.717, 1.165) is 24.4 Å². The maximum atomic E-state index is 5.88. The standard InChI is InChI=1S/C12H20N2O/c1-5-12(2,3)15-11-10(9-13-4)7-6-8-14-11/h6-8,13H,5,9H2,1-4H3. The van der Waals surface area contributed by atoms with Gasteiger partial charge in [-0.25, -0.2) is 4.98 Å². The summed E-state index contributed by atoms with van der Waals surface area (Å²) in [6.07, 6.45) is 2.73. The number of pyridine rings is 1. The van der Waals surface area contributed by atoms with Crippen LogP contribution in [0.3, 0.4) is 0 Å². The van der Waals surface area contributed by atoms with Gasteiger partial charge in [0.2, 0.25) is 5.88 Å². The molecule has 15 heavy (non-hydrogen) atoms. The smallest absolute Gasteiger partial charge is 0.218 e. The lowest BCUT2D eigenvalue weighted by Gasteiger charge is -2.25. The van der Waals surface area contributed by atoms with Gasteiger partial charge in [-0.05, 0) is 33.4 Å². The van der Waals surface area contributed by atoms with Gasteiger partial charge in [0.15, 0.2) is 0 Å². The third-order valence-electron chi connectivity index (χ3n) is 2.44. The number of hydrogen-bond acceptors (Lipinski definition) is 3. The second-order valence-corrected chi connectivity index (χ2v) is 4.21. The van der Waals surface area contributed by atoms with E-state index in [1.165, 1.54) is 0 Å². The highest BCUT2D eigenvalue weighted by Crippen LogP contribution is 2.22. The van der Waals surface area contributed by atoms with Gasteiger partial charge in [-0.15, -0.1) is 0 Å². The van der Waals surface area contributed by atoms with Crippen LogP contribution in [-0.2, 0) is 6.54 Å². The molecule has 0 unspecified atom stereocenters. The fourth-order valence-electron chi connectivity index (χ4n) is 1.17. The SMILES string of the molecule is CCC(C)(C)Oc1ncccc1CNC. The molecule has 1 rings (SSSR count). The average molecular weight is 208 g/mol. The first kappa shape index (κ1) is 12.0. The van der Waals surface area contributed by atoms with Crippen molar-refractivity contribution in [3.8, 4) is 5.88 Å². The van der Waals surface area contributed by atoms with Gasteiger partial charge in [-0.2, -0.15) is 0 Å². The van der Waals surface area contributed by atoms with Crippen molar-refractivity contribution >= 4 is 0 Å². The van der Waals surface area contributed by atoms with Crippen LogP contribution in [0, 0.1) is 0 Å². The lowest BCUT2D eigenvalue weighted by Crippen LogP contribution is -2.28. The van der Waals surface area contributed by atoms with E-state index >= 15 is 0 Å². The van der Waals surface area contributed by atoms with E-state index in [1.807, 2.05) is 19.2 Å². The van der Waals surface area contributed by atoms with Crippen LogP contribution < -0.4 is 10.1 Å². The summed E-state index contributed by atoms with van der Waals surface area (Å²) in [5.41, 5.74) is 0.943. The molecule has 0 bridgehead atoms. The van der Waals surface area contributed by atoms with Gasteiger partial charge in [0, 0.05) is 18.3 Å². The molecule has 0 saturated heterocycles. The van der Waals surface area contributed by atoms with Gasteiger partial charge in [-0.1, -0.05) is 13.0 Å². The van der Waals surface area contributed by atoms with Gasteiger partial charge in [0.1, 0.15) is 5.60 Å². The van der Waals surface area contributed by atoms with Crippen LogP contribution >= 0.6 is 0 Å². The van der Waals surface area contributed by atoms with E-state index < -0.39 is 0 Å². The first-order valence-electron chi connectivity index (χ1n) is 5.36. The zero-order chi connectivity index (χ0) is 11.3. The summed E-state index contributed by atoms with van der Waals surface area (Å²) in [6, 6.07) is 3.96. The molecule has 3 heteroatoms. The van der Waals surface area contributed by atoms with Crippen molar-refractivity contribution in [1.82, 2.24) is 10.3 Å². The van der Waals surface area contributed by atoms with Crippen molar-refractivity contribution in [3.63, 3.8) is 0 Å². The van der Waals surface area contributed by atoms with Crippen molar-refractivity contribution < 1.29 is 4.74 Å². The number of nitrogens with one attached hydrogen (secondary N) is 1. The van der Waals surface area contributed by atoms with Crippen molar-refractivity contribution in [2.24, 2.45) is 0 Å². The summed E-state index contributed by atoms with van der Waals surface area (Å²) in [4.78, 5) is 4.27. The maximum Gasteiger partial charge on any atom is 0.218 e. The number of aromatic nitrogens is 1. The lowest BCUT2D eigenvalue weighted by molar-refractivity contribution is 0.0974. The van der Waals surface area contributed by atoms with E-state index in [9.17, 15) is 0 Å². The Bertz CT molecular complexity index is 310. The molecule has 3 nitrogen and oxygen atoms in total. The highest BCUT2D eigenvalue weighted by molar-refractivity contribution is 5.25. The predicted molar refractivity (Wildman–Crippen MR) is 62.0 cm³/mol. The highest BCUT2D eigenvalue weighted by Gasteiger charge is 2.18. The Hall–Kier alpha value is -1.09. The molecule has 0 saturated carbocycles. The van der Waals surface area contributed by atoms with E-state index in [4.69, 9.17) is 4.74 Å². The molecular formula is C12H20N2O. The van der Waals surface area contributed by atoms with Crippen LogP contribution in [0.1, 0.15) is 32.8 Å². The van der Waals surface area contributed by atoms with Crippen LogP contribution in [0.25, 0.3) is 0 Å². The zero-order valence-corrected chi connectivity index (χ0v) is 10.0. The fourth-order valence-corrected chi connectivity index (χ4v) is 1.17. The first-order chi connectivity index (χ1) is 7.09. The second-order valence-electron chi connectivity index (χ2n) is 4.21. The largest absolute Gasteiger partial charge is 0.471 e. The Kier molecular flexibility index (Phi) is 4.09. The Balaban J connectivity index is 2.84. The Morgan fingerprint density at radius 3 is 2.80 bits per heavy atom. The molecular weight excluding hydrogens is 188 g/mol. The molecule has 0 aliphatic carbocycles. The number of nitrogens with zero attached hydrogens (tertiary/aromatic N) is 1. The Labute approximate surface area is 91.9 Å². The molecule has 0 atom stereocenters. The van der Waals surface area contributed by atoms with Gasteiger partial charge < -0.3 is 10.1 Å². The molecule has 0 spiro atoms. The number of hydrogen-bond donors (Lipinski definition) is 1. The first-order valence-corrected chi connectivity index (χ1v) is 5.36. The molecule has 0 amide bonds. The number of ether oxygens (including phenoxy) is 1. The molecule has 1 aromatic heterocycles. The van der Waals surface area contributed by atoms with Gasteiger partial charge in [0.25, 0.3) is 0 Å². The Morgan fingerprint density at radius 2 is 2.20 bits per heavy atom. The molecule has 84 valence electrons. The average Bonchev–Trinajstić information content (AvgIpc) is 2.21. The van der Waals surface area contributed by atoms with Gasteiger partial charge >= 0.3 is 0 Å². The van der Waals surface area contributed by atoms with Crippen LogP contribution in [-0.4, -0.2) is 17.6 Å². The molecule has 1 heterocycles. The maximum absolute atomic E-state index is 5.88. The third kappa shape index (κ3) is 3.51. The monoisotopic (exact) mass is 208 g/mol. The van der Waals surface area contributed by atoms with Crippen molar-refractivity contribution in [1.29, 1.82) is 0 Å². The summed E-state index contributed by atoms with van der Waals surface area (Å²) in [5.74, 6) is 0.735. The summed E-state index contributed by atoms with van der Waals surface area (Å²) in [6.45, 7) is 7.04. The minimum absolute atomic E-state index is 0.156. The second kappa shape index (κ2) is 5.12. The van der Waals surface area contributed by atoms with Crippen molar-refractivity contribution in [2.45, 2.75) is 39.3 Å². The predicted octanol–water partition coefficient (Wildman–Crippen LogP) is 2.37. The topological polar surface area (TPSA) is 34.1 Å². The summed E-state index contributed by atoms with van der Waals surface area (Å²) in [5, 5.41) is 3.11. The van der Waals surface area contributed by atoms with E-state index in [2.05, 4.69) is 31.1 Å². The van der Waals surface area contributed by atoms with Crippen LogP contribution in [0.15, 0.2) is 18.3 Å². The quantitative estimate of drug-likeness (QED) is 0.806. The van der Waals surface area contributed by atoms with Crippen molar-refractivity contribution in [3.05, 3.63) is 23.9 Å². The molecule has 0 fully saturated rings. The zero-order valence-electron chi connectivity index (χ0n) is 10.0. The lowest BCUT2D eigenvalue weighted by atomic mass is 10.1. The van der Waals surface area contributed by atoms with E-state index in [1.54, 1.807) is 6.20 Å². The normalized spacial score (nSPS) is 11.5. The molecule has 1 aromatic rings. The minimum atomic E-state index is -0.156. The van der Waals surface area contributed by atoms with Crippen LogP contribution in [0.2, 0.25) is 0 Å². The minimum Gasteiger partial charge on any atom is -0.471 e. The fraction of sp³-hybridized carbons (Fsp3) is 0.583. The molecule has 0 aromatic carbocycles. The van der Waals surface area contributed by atoms with Crippen LogP contribution in [0.5, 0.6) is 5.88 Å². The molecule has 0 aliphatic rings. The van der Waals surface area contributed by atoms with Crippen LogP contribution in [0.4, 0.5) is 0 Å². The van der Waals surface area contributed by atoms with E-state index in [0.29, 0.717) is 0 Å². The van der Waals surface area contributed by atoms with Crippen molar-refractivity contribution in [2.75, 3.05) is 7.05 Å². The number of rotatable bonds is 5. The third-order valence-corrected chi connectivity index (χ3v) is 2.44. The molecule has 0 radical (unpaired) electrons. The van der Waals surface area contributed by atoms with E-state index in [-0.39, 0.29) is 5.60 Å². The Morgan fingerprint density at radius 1 is 1.47 bits per heavy atom. The van der Waals surface area contributed by atoms with Gasteiger partial charge in [-0.3, -0.25) is 0 Å². The summed E-state index contributed by atoms with van der Waals surface area (Å²) in [7, 11) is 1.92. The molecule has 0 aliphatic heterocycles. The summed E-state index contributed by atoms with van der Waals surface area (Å²) < 4.78 is 5.88. The summed E-state index contributed by atoms with van der Waals surface area (Å²) >= 11 is 0. The molecule has 1 N–H and O–H groups in total. The van der Waals surface area contributed by atoms with Gasteiger partial charge in [0.05, 0.1) is 0 Å².